The molecule has 0 unspecified atom stereocenters. The highest BCUT2D eigenvalue weighted by Gasteiger charge is 2.27. The van der Waals surface area contributed by atoms with Crippen LogP contribution in [0.2, 0.25) is 0 Å². The number of piperidine rings is 1. The Morgan fingerprint density at radius 2 is 2.25 bits per heavy atom. The maximum Gasteiger partial charge on any atom is 0.335 e. The summed E-state index contributed by atoms with van der Waals surface area (Å²) in [4.78, 5) is 23.7. The minimum absolute atomic E-state index is 0.0505. The monoisotopic (exact) mass is 278 g/mol. The Kier molecular flexibility index (Phi) is 4.22. The molecule has 1 aliphatic heterocycles. The smallest absolute Gasteiger partial charge is 0.335 e. The predicted molar refractivity (Wildman–Crippen MR) is 75.3 cm³/mol. The summed E-state index contributed by atoms with van der Waals surface area (Å²) < 4.78 is 0. The molecule has 1 N–H and O–H groups in total. The summed E-state index contributed by atoms with van der Waals surface area (Å²) in [7, 11) is 0. The molecule has 2 rings (SSSR count). The predicted octanol–water partition coefficient (Wildman–Crippen LogP) is 3.06. The van der Waals surface area contributed by atoms with Crippen LogP contribution in [-0.2, 0) is 0 Å². The molecule has 1 aliphatic rings. The summed E-state index contributed by atoms with van der Waals surface area (Å²) in [5.41, 5.74) is 0.363. The molecule has 0 amide bonds. The van der Waals surface area contributed by atoms with E-state index in [0.29, 0.717) is 5.69 Å². The average molecular weight is 278 g/mol. The fourth-order valence-corrected chi connectivity index (χ4v) is 2.79. The van der Waals surface area contributed by atoms with Crippen molar-refractivity contribution in [2.24, 2.45) is 0 Å². The van der Waals surface area contributed by atoms with Crippen molar-refractivity contribution in [2.75, 3.05) is 11.4 Å². The number of nitro benzene ring substituents is 1. The lowest BCUT2D eigenvalue weighted by molar-refractivity contribution is -0.384. The number of anilines is 1. The van der Waals surface area contributed by atoms with Crippen molar-refractivity contribution < 1.29 is 14.8 Å². The zero-order chi connectivity index (χ0) is 14.7. The Balaban J connectivity index is 2.44. The second-order valence-electron chi connectivity index (χ2n) is 5.02. The fraction of sp³-hybridized carbons (Fsp3) is 0.500. The van der Waals surface area contributed by atoms with Crippen LogP contribution in [0.4, 0.5) is 11.4 Å². The van der Waals surface area contributed by atoms with Crippen LogP contribution in [0.1, 0.15) is 43.0 Å². The largest absolute Gasteiger partial charge is 0.478 e. The number of aromatic carboxylic acids is 1. The van der Waals surface area contributed by atoms with Gasteiger partial charge in [-0.05, 0) is 37.8 Å². The number of nitro groups is 1. The van der Waals surface area contributed by atoms with Crippen LogP contribution in [0, 0.1) is 10.1 Å². The fourth-order valence-electron chi connectivity index (χ4n) is 2.79. The van der Waals surface area contributed by atoms with Gasteiger partial charge in [0.2, 0.25) is 0 Å². The molecule has 1 fully saturated rings. The summed E-state index contributed by atoms with van der Waals surface area (Å²) in [5.74, 6) is -1.15. The van der Waals surface area contributed by atoms with Gasteiger partial charge in [-0.25, -0.2) is 4.79 Å². The van der Waals surface area contributed by atoms with Crippen LogP contribution in [0.3, 0.4) is 0 Å². The Bertz CT molecular complexity index is 530. The van der Waals surface area contributed by atoms with Crippen LogP contribution in [-0.4, -0.2) is 28.6 Å². The number of hydrogen-bond acceptors (Lipinski definition) is 4. The zero-order valence-corrected chi connectivity index (χ0v) is 11.4. The molecule has 1 atom stereocenters. The van der Waals surface area contributed by atoms with E-state index >= 15 is 0 Å². The quantitative estimate of drug-likeness (QED) is 0.676. The summed E-state index contributed by atoms with van der Waals surface area (Å²) in [6.07, 6.45) is 4.09. The van der Waals surface area contributed by atoms with Crippen molar-refractivity contribution >= 4 is 17.3 Å². The third-order valence-corrected chi connectivity index (χ3v) is 3.83. The molecule has 0 radical (unpaired) electrons. The highest BCUT2D eigenvalue weighted by molar-refractivity contribution is 5.89. The lowest BCUT2D eigenvalue weighted by Gasteiger charge is -2.36. The van der Waals surface area contributed by atoms with Gasteiger partial charge >= 0.3 is 5.97 Å². The van der Waals surface area contributed by atoms with Gasteiger partial charge in [-0.2, -0.15) is 0 Å². The number of nitrogens with zero attached hydrogens (tertiary/aromatic N) is 2. The Hall–Kier alpha value is -2.11. The van der Waals surface area contributed by atoms with Gasteiger partial charge in [0, 0.05) is 18.7 Å². The first-order chi connectivity index (χ1) is 9.54. The second kappa shape index (κ2) is 5.90. The van der Waals surface area contributed by atoms with Gasteiger partial charge in [0.25, 0.3) is 5.69 Å². The van der Waals surface area contributed by atoms with Gasteiger partial charge in [0.15, 0.2) is 0 Å². The molecule has 1 aromatic rings. The van der Waals surface area contributed by atoms with Crippen molar-refractivity contribution in [3.8, 4) is 0 Å². The first-order valence-corrected chi connectivity index (χ1v) is 6.83. The van der Waals surface area contributed by atoms with E-state index in [1.54, 1.807) is 6.07 Å². The highest BCUT2D eigenvalue weighted by atomic mass is 16.6. The van der Waals surface area contributed by atoms with E-state index in [9.17, 15) is 14.9 Å². The number of carboxylic acids is 1. The third-order valence-electron chi connectivity index (χ3n) is 3.83. The molecule has 0 saturated carbocycles. The van der Waals surface area contributed by atoms with Crippen molar-refractivity contribution in [2.45, 2.75) is 38.6 Å². The number of carboxylic acid groups (broad SMARTS) is 1. The molecule has 0 aliphatic carbocycles. The van der Waals surface area contributed by atoms with Gasteiger partial charge < -0.3 is 10.0 Å². The molecule has 108 valence electrons. The van der Waals surface area contributed by atoms with Crippen LogP contribution in [0.15, 0.2) is 18.2 Å². The van der Waals surface area contributed by atoms with E-state index in [2.05, 4.69) is 6.92 Å². The maximum absolute atomic E-state index is 11.2. The average Bonchev–Trinajstić information content (AvgIpc) is 2.46. The van der Waals surface area contributed by atoms with E-state index < -0.39 is 10.9 Å². The molecule has 1 aromatic carbocycles. The number of hydrogen-bond donors (Lipinski definition) is 1. The van der Waals surface area contributed by atoms with Gasteiger partial charge in [-0.15, -0.1) is 0 Å². The van der Waals surface area contributed by atoms with Crippen LogP contribution in [0.25, 0.3) is 0 Å². The Morgan fingerprint density at radius 1 is 1.50 bits per heavy atom. The van der Waals surface area contributed by atoms with Crippen molar-refractivity contribution in [3.05, 3.63) is 33.9 Å². The molecule has 0 aromatic heterocycles. The second-order valence-corrected chi connectivity index (χ2v) is 5.02. The van der Waals surface area contributed by atoms with E-state index in [1.165, 1.54) is 6.07 Å². The summed E-state index contributed by atoms with van der Waals surface area (Å²) in [5, 5.41) is 20.2. The Morgan fingerprint density at radius 3 is 2.85 bits per heavy atom. The first kappa shape index (κ1) is 14.3. The molecule has 0 bridgehead atoms. The SMILES string of the molecule is CC[C@H]1CCCCN1c1ccc(C(=O)O)cc1[N+](=O)[O-]. The van der Waals surface area contributed by atoms with Crippen LogP contribution in [0.5, 0.6) is 0 Å². The molecule has 1 saturated heterocycles. The summed E-state index contributed by atoms with van der Waals surface area (Å²) in [6.45, 7) is 2.85. The lowest BCUT2D eigenvalue weighted by atomic mass is 9.98. The van der Waals surface area contributed by atoms with Gasteiger partial charge in [0.1, 0.15) is 5.69 Å². The van der Waals surface area contributed by atoms with E-state index in [1.807, 2.05) is 4.90 Å². The third kappa shape index (κ3) is 2.74. The summed E-state index contributed by atoms with van der Waals surface area (Å²) >= 11 is 0. The molecule has 1 heterocycles. The Labute approximate surface area is 117 Å². The van der Waals surface area contributed by atoms with Gasteiger partial charge in [0.05, 0.1) is 10.5 Å². The van der Waals surface area contributed by atoms with Crippen molar-refractivity contribution in [1.82, 2.24) is 0 Å². The molecule has 20 heavy (non-hydrogen) atoms. The van der Waals surface area contributed by atoms with E-state index in [0.717, 1.165) is 38.3 Å². The maximum atomic E-state index is 11.2. The van der Waals surface area contributed by atoms with Gasteiger partial charge in [-0.1, -0.05) is 6.92 Å². The van der Waals surface area contributed by atoms with Crippen LogP contribution >= 0.6 is 0 Å². The van der Waals surface area contributed by atoms with Crippen LogP contribution < -0.4 is 4.90 Å². The molecular formula is C14H18N2O4. The minimum Gasteiger partial charge on any atom is -0.478 e. The molecular weight excluding hydrogens is 260 g/mol. The van der Waals surface area contributed by atoms with Crippen molar-refractivity contribution in [1.29, 1.82) is 0 Å². The topological polar surface area (TPSA) is 83.7 Å². The first-order valence-electron chi connectivity index (χ1n) is 6.83. The summed E-state index contributed by atoms with van der Waals surface area (Å²) in [6, 6.07) is 4.44. The normalized spacial score (nSPS) is 18.9. The van der Waals surface area contributed by atoms with Gasteiger partial charge in [-0.3, -0.25) is 10.1 Å². The lowest BCUT2D eigenvalue weighted by Crippen LogP contribution is -2.39. The minimum atomic E-state index is -1.15. The molecule has 6 heteroatoms. The van der Waals surface area contributed by atoms with Crippen molar-refractivity contribution in [3.63, 3.8) is 0 Å². The molecule has 6 nitrogen and oxygen atoms in total. The van der Waals surface area contributed by atoms with E-state index in [-0.39, 0.29) is 17.3 Å². The zero-order valence-electron chi connectivity index (χ0n) is 11.4. The molecule has 0 spiro atoms. The highest BCUT2D eigenvalue weighted by Crippen LogP contribution is 2.34. The van der Waals surface area contributed by atoms with E-state index in [4.69, 9.17) is 5.11 Å². The number of rotatable bonds is 4. The number of benzene rings is 1. The standard InChI is InChI=1S/C14H18N2O4/c1-2-11-5-3-4-8-15(11)12-7-6-10(14(17)18)9-13(12)16(19)20/h6-7,9,11H,2-5,8H2,1H3,(H,17,18)/t11-/m0/s1. The number of carbonyl (C=O) groups is 1.